The van der Waals surface area contributed by atoms with Crippen LogP contribution in [-0.4, -0.2) is 14.4 Å². The SMILES string of the molecule is O=c1[nH]c2ccccc2n2c(C(F)(F)F)cnc12. The van der Waals surface area contributed by atoms with Crippen molar-refractivity contribution in [2.75, 3.05) is 0 Å². The average molecular weight is 253 g/mol. The molecule has 0 radical (unpaired) electrons. The first-order valence-electron chi connectivity index (χ1n) is 5.04. The van der Waals surface area contributed by atoms with Gasteiger partial charge in [-0.05, 0) is 12.1 Å². The summed E-state index contributed by atoms with van der Waals surface area (Å²) >= 11 is 0. The molecule has 0 saturated carbocycles. The summed E-state index contributed by atoms with van der Waals surface area (Å²) in [5.41, 5.74) is -1.28. The lowest BCUT2D eigenvalue weighted by molar-refractivity contribution is -0.141. The van der Waals surface area contributed by atoms with E-state index in [0.717, 1.165) is 4.40 Å². The van der Waals surface area contributed by atoms with E-state index < -0.39 is 17.4 Å². The first kappa shape index (κ1) is 10.8. The van der Waals surface area contributed by atoms with Gasteiger partial charge in [0.25, 0.3) is 5.56 Å². The Labute approximate surface area is 97.7 Å². The number of benzene rings is 1. The van der Waals surface area contributed by atoms with E-state index in [2.05, 4.69) is 9.97 Å². The minimum Gasteiger partial charge on any atom is -0.317 e. The maximum atomic E-state index is 12.8. The van der Waals surface area contributed by atoms with Gasteiger partial charge in [0.05, 0.1) is 17.2 Å². The number of hydrogen-bond donors (Lipinski definition) is 1. The Morgan fingerprint density at radius 2 is 1.94 bits per heavy atom. The molecule has 3 aromatic rings. The second-order valence-corrected chi connectivity index (χ2v) is 3.77. The Morgan fingerprint density at radius 3 is 2.67 bits per heavy atom. The molecule has 1 N–H and O–H groups in total. The van der Waals surface area contributed by atoms with E-state index in [-0.39, 0.29) is 11.2 Å². The van der Waals surface area contributed by atoms with E-state index in [1.54, 1.807) is 12.1 Å². The van der Waals surface area contributed by atoms with E-state index in [0.29, 0.717) is 11.7 Å². The molecule has 7 heteroatoms. The van der Waals surface area contributed by atoms with Gasteiger partial charge in [-0.3, -0.25) is 9.20 Å². The first-order chi connectivity index (χ1) is 8.48. The van der Waals surface area contributed by atoms with Gasteiger partial charge in [0, 0.05) is 0 Å². The number of nitrogens with zero attached hydrogens (tertiary/aromatic N) is 2. The molecule has 18 heavy (non-hydrogen) atoms. The molecule has 1 aromatic carbocycles. The number of aromatic amines is 1. The lowest BCUT2D eigenvalue weighted by Gasteiger charge is -2.08. The van der Waals surface area contributed by atoms with Gasteiger partial charge in [0.15, 0.2) is 0 Å². The zero-order valence-electron chi connectivity index (χ0n) is 8.82. The van der Waals surface area contributed by atoms with Crippen LogP contribution in [0.15, 0.2) is 35.3 Å². The van der Waals surface area contributed by atoms with Crippen molar-refractivity contribution in [2.45, 2.75) is 6.18 Å². The Bertz CT molecular complexity index is 800. The van der Waals surface area contributed by atoms with E-state index >= 15 is 0 Å². The lowest BCUT2D eigenvalue weighted by Crippen LogP contribution is -2.15. The molecule has 2 heterocycles. The molecule has 0 amide bonds. The highest BCUT2D eigenvalue weighted by atomic mass is 19.4. The van der Waals surface area contributed by atoms with Gasteiger partial charge in [-0.15, -0.1) is 0 Å². The van der Waals surface area contributed by atoms with Gasteiger partial charge in [-0.25, -0.2) is 4.98 Å². The Balaban J connectivity index is 2.60. The molecular formula is C11H6F3N3O. The van der Waals surface area contributed by atoms with E-state index in [1.807, 2.05) is 0 Å². The van der Waals surface area contributed by atoms with Crippen LogP contribution in [0.2, 0.25) is 0 Å². The van der Waals surface area contributed by atoms with Gasteiger partial charge in [0.1, 0.15) is 5.69 Å². The highest BCUT2D eigenvalue weighted by molar-refractivity contribution is 5.77. The maximum absolute atomic E-state index is 12.8. The molecule has 2 aromatic heterocycles. The molecular weight excluding hydrogens is 247 g/mol. The summed E-state index contributed by atoms with van der Waals surface area (Å²) in [7, 11) is 0. The third-order valence-corrected chi connectivity index (χ3v) is 2.65. The van der Waals surface area contributed by atoms with E-state index in [4.69, 9.17) is 0 Å². The Morgan fingerprint density at radius 1 is 1.22 bits per heavy atom. The molecule has 0 aliphatic carbocycles. The fraction of sp³-hybridized carbons (Fsp3) is 0.0909. The van der Waals surface area contributed by atoms with Crippen molar-refractivity contribution < 1.29 is 13.2 Å². The summed E-state index contributed by atoms with van der Waals surface area (Å²) < 4.78 is 39.3. The van der Waals surface area contributed by atoms with E-state index in [1.165, 1.54) is 12.1 Å². The molecule has 0 fully saturated rings. The number of hydrogen-bond acceptors (Lipinski definition) is 2. The smallest absolute Gasteiger partial charge is 0.317 e. The van der Waals surface area contributed by atoms with E-state index in [9.17, 15) is 18.0 Å². The fourth-order valence-electron chi connectivity index (χ4n) is 1.91. The largest absolute Gasteiger partial charge is 0.433 e. The van der Waals surface area contributed by atoms with Gasteiger partial charge in [-0.2, -0.15) is 13.2 Å². The van der Waals surface area contributed by atoms with Crippen LogP contribution in [-0.2, 0) is 6.18 Å². The molecule has 0 atom stereocenters. The predicted octanol–water partition coefficient (Wildman–Crippen LogP) is 2.19. The third-order valence-electron chi connectivity index (χ3n) is 2.65. The number of nitrogens with one attached hydrogen (secondary N) is 1. The minimum atomic E-state index is -4.56. The molecule has 0 bridgehead atoms. The quantitative estimate of drug-likeness (QED) is 0.667. The number of rotatable bonds is 0. The van der Waals surface area contributed by atoms with Crippen LogP contribution in [0.4, 0.5) is 13.2 Å². The van der Waals surface area contributed by atoms with Crippen LogP contribution in [0.3, 0.4) is 0 Å². The highest BCUT2D eigenvalue weighted by Gasteiger charge is 2.35. The summed E-state index contributed by atoms with van der Waals surface area (Å²) in [6.07, 6.45) is -3.90. The van der Waals surface area contributed by atoms with Crippen molar-refractivity contribution in [3.63, 3.8) is 0 Å². The first-order valence-corrected chi connectivity index (χ1v) is 5.04. The summed E-state index contributed by atoms with van der Waals surface area (Å²) in [4.78, 5) is 17.7. The monoisotopic (exact) mass is 253 g/mol. The molecule has 4 nitrogen and oxygen atoms in total. The van der Waals surface area contributed by atoms with Gasteiger partial charge in [0.2, 0.25) is 5.65 Å². The number of imidazole rings is 1. The van der Waals surface area contributed by atoms with Crippen LogP contribution in [0.5, 0.6) is 0 Å². The van der Waals surface area contributed by atoms with Crippen molar-refractivity contribution in [3.8, 4) is 0 Å². The number of alkyl halides is 3. The number of aromatic nitrogens is 3. The molecule has 0 aliphatic rings. The lowest BCUT2D eigenvalue weighted by atomic mass is 10.3. The third kappa shape index (κ3) is 1.40. The molecule has 0 saturated heterocycles. The second-order valence-electron chi connectivity index (χ2n) is 3.77. The second kappa shape index (κ2) is 3.34. The Hall–Kier alpha value is -2.31. The summed E-state index contributed by atoms with van der Waals surface area (Å²) in [5, 5.41) is 0. The van der Waals surface area contributed by atoms with Gasteiger partial charge < -0.3 is 4.98 Å². The van der Waals surface area contributed by atoms with Crippen molar-refractivity contribution in [3.05, 3.63) is 46.5 Å². The minimum absolute atomic E-state index is 0.261. The van der Waals surface area contributed by atoms with Crippen molar-refractivity contribution >= 4 is 16.7 Å². The topological polar surface area (TPSA) is 50.2 Å². The molecule has 0 aliphatic heterocycles. The van der Waals surface area contributed by atoms with Crippen molar-refractivity contribution in [1.82, 2.24) is 14.4 Å². The summed E-state index contributed by atoms with van der Waals surface area (Å²) in [6.45, 7) is 0. The predicted molar refractivity (Wildman–Crippen MR) is 58.3 cm³/mol. The van der Waals surface area contributed by atoms with Crippen molar-refractivity contribution in [1.29, 1.82) is 0 Å². The molecule has 92 valence electrons. The summed E-state index contributed by atoms with van der Waals surface area (Å²) in [5.74, 6) is 0. The maximum Gasteiger partial charge on any atom is 0.433 e. The van der Waals surface area contributed by atoms with Crippen LogP contribution < -0.4 is 5.56 Å². The van der Waals surface area contributed by atoms with Crippen LogP contribution in [0, 0.1) is 0 Å². The average Bonchev–Trinajstić information content (AvgIpc) is 2.74. The fourth-order valence-corrected chi connectivity index (χ4v) is 1.91. The Kier molecular flexibility index (Phi) is 2.01. The molecule has 3 rings (SSSR count). The van der Waals surface area contributed by atoms with Crippen LogP contribution in [0.1, 0.15) is 5.69 Å². The normalized spacial score (nSPS) is 12.4. The summed E-state index contributed by atoms with van der Waals surface area (Å²) in [6, 6.07) is 6.26. The zero-order valence-corrected chi connectivity index (χ0v) is 8.82. The number of H-pyrrole nitrogens is 1. The van der Waals surface area contributed by atoms with Crippen LogP contribution in [0.25, 0.3) is 16.7 Å². The zero-order chi connectivity index (χ0) is 12.9. The van der Waals surface area contributed by atoms with Crippen molar-refractivity contribution in [2.24, 2.45) is 0 Å². The van der Waals surface area contributed by atoms with Gasteiger partial charge in [-0.1, -0.05) is 12.1 Å². The van der Waals surface area contributed by atoms with Crippen LogP contribution >= 0.6 is 0 Å². The van der Waals surface area contributed by atoms with Gasteiger partial charge >= 0.3 is 6.18 Å². The number of halogens is 3. The molecule has 0 spiro atoms. The highest BCUT2D eigenvalue weighted by Crippen LogP contribution is 2.30. The molecule has 0 unspecified atom stereocenters. The standard InChI is InChI=1S/C11H6F3N3O/c12-11(13,14)8-5-15-9-10(18)16-6-3-1-2-4-7(6)17(8)9/h1-5H,(H,16,18). The number of para-hydroxylation sites is 2. The number of fused-ring (bicyclic) bond motifs is 3.